The molecule has 1 rings (SSSR count). The lowest BCUT2D eigenvalue weighted by Crippen LogP contribution is -2.38. The summed E-state index contributed by atoms with van der Waals surface area (Å²) in [6.45, 7) is 3.17. The first-order valence-electron chi connectivity index (χ1n) is 6.34. The van der Waals surface area contributed by atoms with Crippen LogP contribution < -0.4 is 4.74 Å². The zero-order valence-electron chi connectivity index (χ0n) is 11.9. The number of nitrogens with zero attached hydrogens (tertiary/aromatic N) is 1. The summed E-state index contributed by atoms with van der Waals surface area (Å²) in [7, 11) is 0. The van der Waals surface area contributed by atoms with Crippen LogP contribution in [-0.2, 0) is 19.1 Å². The van der Waals surface area contributed by atoms with Crippen molar-refractivity contribution in [1.82, 2.24) is 0 Å². The van der Waals surface area contributed by atoms with E-state index in [0.717, 1.165) is 0 Å². The number of carbonyl (C=O) groups is 2. The zero-order chi connectivity index (χ0) is 16.7. The van der Waals surface area contributed by atoms with E-state index in [1.165, 1.54) is 18.2 Å². The topological polar surface area (TPSA) is 105 Å². The Kier molecular flexibility index (Phi) is 6.77. The molecule has 0 atom stereocenters. The summed E-state index contributed by atoms with van der Waals surface area (Å²) in [6.07, 6.45) is -1.73. The fourth-order valence-corrected chi connectivity index (χ4v) is 1.83. The first-order chi connectivity index (χ1) is 10.4. The Bertz CT molecular complexity index is 558. The van der Waals surface area contributed by atoms with Gasteiger partial charge in [0.2, 0.25) is 0 Å². The van der Waals surface area contributed by atoms with E-state index >= 15 is 0 Å². The lowest BCUT2D eigenvalue weighted by molar-refractivity contribution is -0.386. The number of carbonyl (C=O) groups excluding carboxylic acids is 2. The Morgan fingerprint density at radius 3 is 2.23 bits per heavy atom. The molecule has 8 nitrogen and oxygen atoms in total. The van der Waals surface area contributed by atoms with Crippen molar-refractivity contribution in [2.24, 2.45) is 0 Å². The maximum atomic E-state index is 11.8. The SMILES string of the molecule is CCOC(=O)C(Oc1cc(Br)ccc1[N+](=O)[O-])C(=O)OCC. The third-order valence-electron chi connectivity index (χ3n) is 2.36. The second kappa shape index (κ2) is 8.32. The Morgan fingerprint density at radius 2 is 1.77 bits per heavy atom. The Labute approximate surface area is 134 Å². The van der Waals surface area contributed by atoms with Gasteiger partial charge in [-0.3, -0.25) is 10.1 Å². The van der Waals surface area contributed by atoms with E-state index in [1.54, 1.807) is 13.8 Å². The zero-order valence-corrected chi connectivity index (χ0v) is 13.5. The Morgan fingerprint density at radius 1 is 1.23 bits per heavy atom. The molecule has 1 aromatic carbocycles. The molecule has 120 valence electrons. The van der Waals surface area contributed by atoms with Crippen LogP contribution in [0.15, 0.2) is 22.7 Å². The number of nitro groups is 1. The maximum absolute atomic E-state index is 11.8. The molecule has 0 spiro atoms. The number of ether oxygens (including phenoxy) is 3. The summed E-state index contributed by atoms with van der Waals surface area (Å²) in [5, 5.41) is 11.0. The van der Waals surface area contributed by atoms with Crippen LogP contribution in [-0.4, -0.2) is 36.2 Å². The van der Waals surface area contributed by atoms with Gasteiger partial charge in [0.15, 0.2) is 5.75 Å². The van der Waals surface area contributed by atoms with Gasteiger partial charge in [0.05, 0.1) is 18.1 Å². The van der Waals surface area contributed by atoms with Crippen molar-refractivity contribution >= 4 is 33.6 Å². The third kappa shape index (κ3) is 4.69. The van der Waals surface area contributed by atoms with Gasteiger partial charge in [-0.15, -0.1) is 0 Å². The first kappa shape index (κ1) is 17.9. The predicted molar refractivity (Wildman–Crippen MR) is 78.5 cm³/mol. The number of hydrogen-bond acceptors (Lipinski definition) is 7. The highest BCUT2D eigenvalue weighted by molar-refractivity contribution is 9.10. The summed E-state index contributed by atoms with van der Waals surface area (Å²) in [6, 6.07) is 3.91. The van der Waals surface area contributed by atoms with Gasteiger partial charge in [0, 0.05) is 16.6 Å². The molecular formula is C13H14BrNO7. The molecule has 0 saturated carbocycles. The van der Waals surface area contributed by atoms with Crippen molar-refractivity contribution in [3.05, 3.63) is 32.8 Å². The van der Waals surface area contributed by atoms with Crippen LogP contribution >= 0.6 is 15.9 Å². The highest BCUT2D eigenvalue weighted by atomic mass is 79.9. The highest BCUT2D eigenvalue weighted by Crippen LogP contribution is 2.31. The minimum absolute atomic E-state index is 0.0265. The number of esters is 2. The fourth-order valence-electron chi connectivity index (χ4n) is 1.49. The first-order valence-corrected chi connectivity index (χ1v) is 7.13. The molecule has 0 aliphatic rings. The number of hydrogen-bond donors (Lipinski definition) is 0. The highest BCUT2D eigenvalue weighted by Gasteiger charge is 2.34. The minimum Gasteiger partial charge on any atom is -0.463 e. The molecule has 0 saturated heterocycles. The lowest BCUT2D eigenvalue weighted by Gasteiger charge is -2.16. The number of halogens is 1. The molecule has 0 N–H and O–H groups in total. The van der Waals surface area contributed by atoms with E-state index in [0.29, 0.717) is 4.47 Å². The van der Waals surface area contributed by atoms with Crippen LogP contribution in [0, 0.1) is 10.1 Å². The molecule has 0 bridgehead atoms. The van der Waals surface area contributed by atoms with Gasteiger partial charge in [-0.2, -0.15) is 0 Å². The molecule has 1 aromatic rings. The van der Waals surface area contributed by atoms with E-state index in [2.05, 4.69) is 15.9 Å². The molecular weight excluding hydrogens is 362 g/mol. The second-order valence-corrected chi connectivity index (χ2v) is 4.79. The molecule has 0 fully saturated rings. The van der Waals surface area contributed by atoms with Crippen molar-refractivity contribution in [3.8, 4) is 5.75 Å². The van der Waals surface area contributed by atoms with Gasteiger partial charge in [-0.1, -0.05) is 15.9 Å². The van der Waals surface area contributed by atoms with Crippen molar-refractivity contribution < 1.29 is 28.7 Å². The normalized spacial score (nSPS) is 10.2. The monoisotopic (exact) mass is 375 g/mol. The summed E-state index contributed by atoms with van der Waals surface area (Å²) in [5.41, 5.74) is -0.387. The average molecular weight is 376 g/mol. The molecule has 0 aromatic heterocycles. The summed E-state index contributed by atoms with van der Waals surface area (Å²) >= 11 is 3.14. The van der Waals surface area contributed by atoms with Crippen LogP contribution in [0.3, 0.4) is 0 Å². The molecule has 0 unspecified atom stereocenters. The third-order valence-corrected chi connectivity index (χ3v) is 2.86. The quantitative estimate of drug-likeness (QED) is 0.311. The summed E-state index contributed by atoms with van der Waals surface area (Å²) in [4.78, 5) is 33.9. The minimum atomic E-state index is -1.73. The van der Waals surface area contributed by atoms with Crippen molar-refractivity contribution in [2.75, 3.05) is 13.2 Å². The molecule has 0 radical (unpaired) electrons. The fraction of sp³-hybridized carbons (Fsp3) is 0.385. The maximum Gasteiger partial charge on any atom is 0.359 e. The number of nitro benzene ring substituents is 1. The van der Waals surface area contributed by atoms with Crippen LogP contribution in [0.1, 0.15) is 13.8 Å². The molecule has 0 amide bonds. The van der Waals surface area contributed by atoms with Crippen molar-refractivity contribution in [2.45, 2.75) is 20.0 Å². The van der Waals surface area contributed by atoms with Gasteiger partial charge >= 0.3 is 17.6 Å². The molecule has 9 heteroatoms. The van der Waals surface area contributed by atoms with E-state index in [-0.39, 0.29) is 24.7 Å². The van der Waals surface area contributed by atoms with Gasteiger partial charge < -0.3 is 14.2 Å². The van der Waals surface area contributed by atoms with Crippen molar-refractivity contribution in [1.29, 1.82) is 0 Å². The van der Waals surface area contributed by atoms with E-state index in [1.807, 2.05) is 0 Å². The van der Waals surface area contributed by atoms with E-state index in [4.69, 9.17) is 14.2 Å². The molecule has 0 aliphatic heterocycles. The lowest BCUT2D eigenvalue weighted by atomic mass is 10.3. The smallest absolute Gasteiger partial charge is 0.359 e. The Hall–Kier alpha value is -2.16. The van der Waals surface area contributed by atoms with Gasteiger partial charge in [-0.25, -0.2) is 9.59 Å². The standard InChI is InChI=1S/C13H14BrNO7/c1-3-20-12(16)11(13(17)21-4-2)22-10-7-8(14)5-6-9(10)15(18)19/h5-7,11H,3-4H2,1-2H3. The van der Waals surface area contributed by atoms with Crippen LogP contribution in [0.5, 0.6) is 5.75 Å². The van der Waals surface area contributed by atoms with E-state index in [9.17, 15) is 19.7 Å². The van der Waals surface area contributed by atoms with Crippen molar-refractivity contribution in [3.63, 3.8) is 0 Å². The summed E-state index contributed by atoms with van der Waals surface area (Å²) < 4.78 is 15.1. The van der Waals surface area contributed by atoms with Crippen LogP contribution in [0.25, 0.3) is 0 Å². The molecule has 0 heterocycles. The molecule has 22 heavy (non-hydrogen) atoms. The second-order valence-electron chi connectivity index (χ2n) is 3.87. The van der Waals surface area contributed by atoms with Crippen LogP contribution in [0.2, 0.25) is 0 Å². The van der Waals surface area contributed by atoms with Gasteiger partial charge in [0.25, 0.3) is 6.10 Å². The summed E-state index contributed by atoms with van der Waals surface area (Å²) in [5.74, 6) is -2.20. The van der Waals surface area contributed by atoms with Gasteiger partial charge in [-0.05, 0) is 19.9 Å². The van der Waals surface area contributed by atoms with Crippen LogP contribution in [0.4, 0.5) is 5.69 Å². The number of rotatable bonds is 7. The number of benzene rings is 1. The molecule has 0 aliphatic carbocycles. The Balaban J connectivity index is 3.13. The predicted octanol–water partition coefficient (Wildman–Crippen LogP) is 2.23. The average Bonchev–Trinajstić information content (AvgIpc) is 2.44. The van der Waals surface area contributed by atoms with Gasteiger partial charge in [0.1, 0.15) is 0 Å². The largest absolute Gasteiger partial charge is 0.463 e. The van der Waals surface area contributed by atoms with E-state index < -0.39 is 23.0 Å².